The van der Waals surface area contributed by atoms with E-state index in [1.54, 1.807) is 11.3 Å². The third-order valence-corrected chi connectivity index (χ3v) is 6.87. The lowest BCUT2D eigenvalue weighted by Gasteiger charge is -2.42. The molecule has 0 bridgehead atoms. The van der Waals surface area contributed by atoms with Crippen LogP contribution in [0.2, 0.25) is 0 Å². The quantitative estimate of drug-likeness (QED) is 0.774. The number of likely N-dealkylation sites (tertiary alicyclic amines) is 1. The Morgan fingerprint density at radius 1 is 1.25 bits per heavy atom. The molecule has 1 aromatic carbocycles. The number of amides is 1. The minimum atomic E-state index is 0.0822. The van der Waals surface area contributed by atoms with Crippen LogP contribution in [0.3, 0.4) is 0 Å². The van der Waals surface area contributed by atoms with Crippen molar-refractivity contribution in [3.05, 3.63) is 46.4 Å². The average molecular weight is 400 g/mol. The van der Waals surface area contributed by atoms with Gasteiger partial charge in [-0.15, -0.1) is 11.3 Å². The molecule has 2 aliphatic heterocycles. The number of ether oxygens (including phenoxy) is 1. The van der Waals surface area contributed by atoms with E-state index in [-0.39, 0.29) is 12.5 Å². The Kier molecular flexibility index (Phi) is 6.27. The summed E-state index contributed by atoms with van der Waals surface area (Å²) in [4.78, 5) is 21.7. The van der Waals surface area contributed by atoms with Crippen molar-refractivity contribution in [3.63, 3.8) is 0 Å². The Morgan fingerprint density at radius 2 is 2.14 bits per heavy atom. The van der Waals surface area contributed by atoms with Gasteiger partial charge in [0.2, 0.25) is 0 Å². The van der Waals surface area contributed by atoms with E-state index in [0.717, 1.165) is 44.6 Å². The Bertz CT molecular complexity index is 780. The Labute approximate surface area is 171 Å². The Hall–Kier alpha value is -1.92. The van der Waals surface area contributed by atoms with E-state index >= 15 is 0 Å². The summed E-state index contributed by atoms with van der Waals surface area (Å²) in [6, 6.07) is 8.43. The second kappa shape index (κ2) is 9.05. The summed E-state index contributed by atoms with van der Waals surface area (Å²) in [5, 5.41) is 3.23. The maximum atomic E-state index is 12.8. The highest BCUT2D eigenvalue weighted by Gasteiger charge is 2.34. The fourth-order valence-corrected chi connectivity index (χ4v) is 5.21. The lowest BCUT2D eigenvalue weighted by Crippen LogP contribution is -2.52. The van der Waals surface area contributed by atoms with Crippen LogP contribution in [0.5, 0.6) is 5.75 Å². The standard InChI is InChI=1S/C22H29N3O2S/c1-24-19-10-12-25(15-21-23-11-13-28-21)14-18(19)8-3-2-6-17-7-4-5-9-20(17)27-16-22(24)26/h4-5,7,9,11,13,18-19H,2-3,6,8,10,12,14-16H2,1H3/t18-,19+/m0/s1. The molecule has 1 fully saturated rings. The maximum Gasteiger partial charge on any atom is 0.260 e. The van der Waals surface area contributed by atoms with Gasteiger partial charge in [-0.05, 0) is 43.2 Å². The summed E-state index contributed by atoms with van der Waals surface area (Å²) < 4.78 is 5.91. The van der Waals surface area contributed by atoms with Crippen LogP contribution in [-0.2, 0) is 17.8 Å². The number of hydrogen-bond acceptors (Lipinski definition) is 5. The number of piperidine rings is 1. The molecule has 4 rings (SSSR count). The smallest absolute Gasteiger partial charge is 0.260 e. The van der Waals surface area contributed by atoms with Crippen LogP contribution in [0, 0.1) is 5.92 Å². The van der Waals surface area contributed by atoms with Crippen molar-refractivity contribution in [2.24, 2.45) is 5.92 Å². The van der Waals surface area contributed by atoms with Gasteiger partial charge in [0.05, 0.1) is 6.54 Å². The molecule has 6 heteroatoms. The Morgan fingerprint density at radius 3 is 3.00 bits per heavy atom. The van der Waals surface area contributed by atoms with E-state index in [1.165, 1.54) is 23.4 Å². The molecule has 1 saturated heterocycles. The monoisotopic (exact) mass is 399 g/mol. The molecule has 0 unspecified atom stereocenters. The number of fused-ring (bicyclic) bond motifs is 2. The molecule has 0 radical (unpaired) electrons. The van der Waals surface area contributed by atoms with Crippen molar-refractivity contribution in [2.75, 3.05) is 26.7 Å². The number of rotatable bonds is 2. The van der Waals surface area contributed by atoms with Gasteiger partial charge < -0.3 is 9.64 Å². The number of likely N-dealkylation sites (N-methyl/N-ethyl adjacent to an activating group) is 1. The molecule has 0 aliphatic carbocycles. The molecule has 0 N–H and O–H groups in total. The van der Waals surface area contributed by atoms with E-state index in [9.17, 15) is 4.79 Å². The molecular weight excluding hydrogens is 370 g/mol. The number of carbonyl (C=O) groups excluding carboxylic acids is 1. The van der Waals surface area contributed by atoms with E-state index in [2.05, 4.69) is 22.0 Å². The number of nitrogens with zero attached hydrogens (tertiary/aromatic N) is 3. The fraction of sp³-hybridized carbons (Fsp3) is 0.545. The summed E-state index contributed by atoms with van der Waals surface area (Å²) in [7, 11) is 1.96. The van der Waals surface area contributed by atoms with Gasteiger partial charge in [0, 0.05) is 37.8 Å². The lowest BCUT2D eigenvalue weighted by atomic mass is 9.86. The van der Waals surface area contributed by atoms with Gasteiger partial charge in [-0.25, -0.2) is 4.98 Å². The largest absolute Gasteiger partial charge is 0.483 e. The second-order valence-corrected chi connectivity index (χ2v) is 8.90. The highest BCUT2D eigenvalue weighted by Crippen LogP contribution is 2.29. The first-order valence-electron chi connectivity index (χ1n) is 10.3. The predicted molar refractivity (Wildman–Crippen MR) is 112 cm³/mol. The zero-order chi connectivity index (χ0) is 19.3. The van der Waals surface area contributed by atoms with E-state index in [1.807, 2.05) is 35.7 Å². The molecule has 28 heavy (non-hydrogen) atoms. The first-order valence-corrected chi connectivity index (χ1v) is 11.2. The number of carbonyl (C=O) groups is 1. The molecule has 2 aliphatic rings. The summed E-state index contributed by atoms with van der Waals surface area (Å²) in [5.41, 5.74) is 1.21. The van der Waals surface area contributed by atoms with E-state index < -0.39 is 0 Å². The van der Waals surface area contributed by atoms with E-state index in [4.69, 9.17) is 4.74 Å². The topological polar surface area (TPSA) is 45.7 Å². The van der Waals surface area contributed by atoms with Gasteiger partial charge in [0.25, 0.3) is 5.91 Å². The van der Waals surface area contributed by atoms with Crippen molar-refractivity contribution < 1.29 is 9.53 Å². The van der Waals surface area contributed by atoms with Crippen LogP contribution in [0.15, 0.2) is 35.8 Å². The molecule has 2 aromatic rings. The van der Waals surface area contributed by atoms with Crippen LogP contribution in [0.4, 0.5) is 0 Å². The zero-order valence-electron chi connectivity index (χ0n) is 16.5. The highest BCUT2D eigenvalue weighted by molar-refractivity contribution is 7.09. The molecular formula is C22H29N3O2S. The van der Waals surface area contributed by atoms with Crippen LogP contribution >= 0.6 is 11.3 Å². The minimum Gasteiger partial charge on any atom is -0.483 e. The minimum absolute atomic E-state index is 0.0822. The molecule has 1 amide bonds. The first kappa shape index (κ1) is 19.4. The number of aromatic nitrogens is 1. The van der Waals surface area contributed by atoms with Gasteiger partial charge >= 0.3 is 0 Å². The van der Waals surface area contributed by atoms with Crippen LogP contribution < -0.4 is 4.74 Å². The van der Waals surface area contributed by atoms with Crippen LogP contribution in [-0.4, -0.2) is 53.5 Å². The number of thiazole rings is 1. The molecule has 3 heterocycles. The third kappa shape index (κ3) is 4.55. The molecule has 0 saturated carbocycles. The number of benzene rings is 1. The van der Waals surface area contributed by atoms with Gasteiger partial charge in [-0.1, -0.05) is 24.6 Å². The summed E-state index contributed by atoms with van der Waals surface area (Å²) in [6.45, 7) is 3.11. The number of para-hydroxylation sites is 1. The maximum absolute atomic E-state index is 12.8. The number of hydrogen-bond donors (Lipinski definition) is 0. The average Bonchev–Trinajstić information content (AvgIpc) is 3.22. The molecule has 5 nitrogen and oxygen atoms in total. The fourth-order valence-electron chi connectivity index (χ4n) is 4.55. The predicted octanol–water partition coefficient (Wildman–Crippen LogP) is 3.60. The molecule has 2 atom stereocenters. The molecule has 150 valence electrons. The summed E-state index contributed by atoms with van der Waals surface area (Å²) in [5.74, 6) is 1.45. The highest BCUT2D eigenvalue weighted by atomic mass is 32.1. The van der Waals surface area contributed by atoms with Crippen molar-refractivity contribution in [1.82, 2.24) is 14.8 Å². The van der Waals surface area contributed by atoms with Crippen molar-refractivity contribution in [2.45, 2.75) is 44.7 Å². The van der Waals surface area contributed by atoms with Gasteiger partial charge in [0.1, 0.15) is 10.8 Å². The second-order valence-electron chi connectivity index (χ2n) is 7.92. The SMILES string of the molecule is CN1C(=O)COc2ccccc2CCCC[C@H]2CN(Cc3nccs3)CC[C@H]21. The molecule has 1 aromatic heterocycles. The van der Waals surface area contributed by atoms with Gasteiger partial charge in [0.15, 0.2) is 6.61 Å². The zero-order valence-corrected chi connectivity index (χ0v) is 17.4. The first-order chi connectivity index (χ1) is 13.7. The van der Waals surface area contributed by atoms with Gasteiger partial charge in [-0.2, -0.15) is 0 Å². The number of aryl methyl sites for hydroxylation is 1. The van der Waals surface area contributed by atoms with Gasteiger partial charge in [-0.3, -0.25) is 9.69 Å². The Balaban J connectivity index is 1.46. The van der Waals surface area contributed by atoms with Crippen LogP contribution in [0.25, 0.3) is 0 Å². The summed E-state index contributed by atoms with van der Waals surface area (Å²) >= 11 is 1.73. The van der Waals surface area contributed by atoms with Crippen LogP contribution in [0.1, 0.15) is 36.3 Å². The van der Waals surface area contributed by atoms with E-state index in [0.29, 0.717) is 12.0 Å². The molecule has 0 spiro atoms. The van der Waals surface area contributed by atoms with Crippen molar-refractivity contribution in [3.8, 4) is 5.75 Å². The lowest BCUT2D eigenvalue weighted by molar-refractivity contribution is -0.136. The third-order valence-electron chi connectivity index (χ3n) is 6.11. The normalized spacial score (nSPS) is 24.5. The van der Waals surface area contributed by atoms with Crippen molar-refractivity contribution >= 4 is 17.2 Å². The van der Waals surface area contributed by atoms with Crippen molar-refractivity contribution in [1.29, 1.82) is 0 Å². The summed E-state index contributed by atoms with van der Waals surface area (Å²) in [6.07, 6.45) is 7.43.